The first-order valence-corrected chi connectivity index (χ1v) is 7.23. The maximum Gasteiger partial charge on any atom is 0.231 e. The molecule has 1 aromatic heterocycles. The molecule has 3 aromatic rings. The van der Waals surface area contributed by atoms with E-state index >= 15 is 0 Å². The van der Waals surface area contributed by atoms with Crippen LogP contribution in [0.25, 0.3) is 10.9 Å². The summed E-state index contributed by atoms with van der Waals surface area (Å²) in [4.78, 5) is 15.8. The molecule has 0 aliphatic carbocycles. The molecule has 0 unspecified atom stereocenters. The van der Waals surface area contributed by atoms with E-state index in [1.807, 2.05) is 18.2 Å². The number of carbonyl (C=O) groups excluding carboxylic acids is 1. The normalized spacial score (nSPS) is 12.8. The van der Waals surface area contributed by atoms with Gasteiger partial charge in [0.2, 0.25) is 6.79 Å². The summed E-state index contributed by atoms with van der Waals surface area (Å²) in [6.45, 7) is 0.201. The third-order valence-electron chi connectivity index (χ3n) is 3.54. The van der Waals surface area contributed by atoms with Crippen molar-refractivity contribution in [2.75, 3.05) is 6.79 Å². The van der Waals surface area contributed by atoms with E-state index < -0.39 is 0 Å². The van der Waals surface area contributed by atoms with Gasteiger partial charge in [-0.3, -0.25) is 4.79 Å². The molecule has 0 bridgehead atoms. The van der Waals surface area contributed by atoms with Gasteiger partial charge in [0.15, 0.2) is 17.3 Å². The average Bonchev–Trinajstić information content (AvgIpc) is 3.13. The average molecular weight is 344 g/mol. The highest BCUT2D eigenvalue weighted by atomic mass is 79.9. The van der Waals surface area contributed by atoms with Crippen LogP contribution in [0, 0.1) is 0 Å². The van der Waals surface area contributed by atoms with Gasteiger partial charge in [0.05, 0.1) is 5.52 Å². The molecule has 1 aliphatic rings. The predicted octanol–water partition coefficient (Wildman–Crippen LogP) is 3.89. The third-order valence-corrected chi connectivity index (χ3v) is 4.20. The first-order valence-electron chi connectivity index (χ1n) is 6.44. The van der Waals surface area contributed by atoms with Crippen molar-refractivity contribution in [2.45, 2.75) is 0 Å². The number of fused-ring (bicyclic) bond motifs is 2. The lowest BCUT2D eigenvalue weighted by atomic mass is 10.0. The standard InChI is InChI=1S/C16H10BrNO3/c17-12-3-1-2-10-11(7-18-15(10)12)16(19)9-4-5-13-14(6-9)21-8-20-13/h1-7,18H,8H2. The summed E-state index contributed by atoms with van der Waals surface area (Å²) in [5.41, 5.74) is 2.15. The van der Waals surface area contributed by atoms with Crippen molar-refractivity contribution in [3.8, 4) is 11.5 Å². The fourth-order valence-corrected chi connectivity index (χ4v) is 2.98. The molecule has 0 fully saturated rings. The topological polar surface area (TPSA) is 51.3 Å². The van der Waals surface area contributed by atoms with Crippen LogP contribution in [0.2, 0.25) is 0 Å². The highest BCUT2D eigenvalue weighted by Crippen LogP contribution is 2.34. The number of rotatable bonds is 2. The summed E-state index contributed by atoms with van der Waals surface area (Å²) in [5.74, 6) is 1.24. The van der Waals surface area contributed by atoms with Gasteiger partial charge in [-0.05, 0) is 40.2 Å². The van der Waals surface area contributed by atoms with Crippen molar-refractivity contribution < 1.29 is 14.3 Å². The van der Waals surface area contributed by atoms with Gasteiger partial charge in [0, 0.05) is 27.2 Å². The molecular weight excluding hydrogens is 334 g/mol. The predicted molar refractivity (Wildman–Crippen MR) is 82.0 cm³/mol. The van der Waals surface area contributed by atoms with Gasteiger partial charge in [-0.2, -0.15) is 0 Å². The van der Waals surface area contributed by atoms with E-state index in [0.29, 0.717) is 22.6 Å². The van der Waals surface area contributed by atoms with E-state index in [-0.39, 0.29) is 12.6 Å². The fourth-order valence-electron chi connectivity index (χ4n) is 2.50. The van der Waals surface area contributed by atoms with Crippen LogP contribution in [0.4, 0.5) is 0 Å². The fraction of sp³-hybridized carbons (Fsp3) is 0.0625. The SMILES string of the molecule is O=C(c1ccc2c(c1)OCO2)c1c[nH]c2c(Br)cccc12. The zero-order chi connectivity index (χ0) is 14.4. The second-order valence-electron chi connectivity index (χ2n) is 4.76. The minimum atomic E-state index is -0.0438. The molecule has 0 amide bonds. The van der Waals surface area contributed by atoms with Crippen molar-refractivity contribution in [3.63, 3.8) is 0 Å². The number of H-pyrrole nitrogens is 1. The summed E-state index contributed by atoms with van der Waals surface area (Å²) < 4.78 is 11.5. The maximum absolute atomic E-state index is 12.7. The number of hydrogen-bond donors (Lipinski definition) is 1. The number of nitrogens with one attached hydrogen (secondary N) is 1. The monoisotopic (exact) mass is 343 g/mol. The van der Waals surface area contributed by atoms with E-state index in [1.54, 1.807) is 24.4 Å². The van der Waals surface area contributed by atoms with Crippen LogP contribution in [0.15, 0.2) is 47.1 Å². The first-order chi connectivity index (χ1) is 10.2. The van der Waals surface area contributed by atoms with Crippen molar-refractivity contribution in [2.24, 2.45) is 0 Å². The van der Waals surface area contributed by atoms with Crippen LogP contribution in [0.3, 0.4) is 0 Å². The number of para-hydroxylation sites is 1. The van der Waals surface area contributed by atoms with E-state index in [4.69, 9.17) is 9.47 Å². The quantitative estimate of drug-likeness (QED) is 0.718. The molecule has 4 rings (SSSR count). The molecule has 2 heterocycles. The molecule has 1 N–H and O–H groups in total. The lowest BCUT2D eigenvalue weighted by Crippen LogP contribution is -2.00. The molecule has 0 atom stereocenters. The Morgan fingerprint density at radius 3 is 2.90 bits per heavy atom. The summed E-state index contributed by atoms with van der Waals surface area (Å²) in [6.07, 6.45) is 1.74. The second kappa shape index (κ2) is 4.63. The zero-order valence-electron chi connectivity index (χ0n) is 10.9. The van der Waals surface area contributed by atoms with Crippen LogP contribution in [-0.4, -0.2) is 17.6 Å². The zero-order valence-corrected chi connectivity index (χ0v) is 12.4. The number of carbonyl (C=O) groups is 1. The molecule has 0 spiro atoms. The van der Waals surface area contributed by atoms with Gasteiger partial charge < -0.3 is 14.5 Å². The highest BCUT2D eigenvalue weighted by molar-refractivity contribution is 9.10. The number of hydrogen-bond acceptors (Lipinski definition) is 3. The number of aromatic amines is 1. The first kappa shape index (κ1) is 12.5. The minimum Gasteiger partial charge on any atom is -0.454 e. The molecule has 0 saturated heterocycles. The highest BCUT2D eigenvalue weighted by Gasteiger charge is 2.19. The Bertz CT molecular complexity index is 869. The van der Waals surface area contributed by atoms with Gasteiger partial charge in [0.1, 0.15) is 0 Å². The number of benzene rings is 2. The Hall–Kier alpha value is -2.27. The summed E-state index contributed by atoms with van der Waals surface area (Å²) >= 11 is 3.48. The lowest BCUT2D eigenvalue weighted by Gasteiger charge is -2.02. The summed E-state index contributed by atoms with van der Waals surface area (Å²) in [6, 6.07) is 11.0. The van der Waals surface area contributed by atoms with Crippen LogP contribution in [0.5, 0.6) is 11.5 Å². The van der Waals surface area contributed by atoms with Crippen molar-refractivity contribution in [1.29, 1.82) is 0 Å². The number of halogens is 1. The van der Waals surface area contributed by atoms with E-state index in [1.165, 1.54) is 0 Å². The van der Waals surface area contributed by atoms with E-state index in [2.05, 4.69) is 20.9 Å². The van der Waals surface area contributed by atoms with Crippen LogP contribution in [0.1, 0.15) is 15.9 Å². The van der Waals surface area contributed by atoms with Gasteiger partial charge >= 0.3 is 0 Å². The molecule has 1 aliphatic heterocycles. The number of aromatic nitrogens is 1. The largest absolute Gasteiger partial charge is 0.454 e. The second-order valence-corrected chi connectivity index (χ2v) is 5.62. The Balaban J connectivity index is 1.82. The Morgan fingerprint density at radius 1 is 1.14 bits per heavy atom. The Morgan fingerprint density at radius 2 is 2.00 bits per heavy atom. The maximum atomic E-state index is 12.7. The van der Waals surface area contributed by atoms with Crippen molar-refractivity contribution in [1.82, 2.24) is 4.98 Å². The summed E-state index contributed by atoms with van der Waals surface area (Å²) in [5, 5.41) is 0.895. The van der Waals surface area contributed by atoms with Gasteiger partial charge in [-0.1, -0.05) is 12.1 Å². The molecule has 2 aromatic carbocycles. The van der Waals surface area contributed by atoms with Gasteiger partial charge in [0.25, 0.3) is 0 Å². The minimum absolute atomic E-state index is 0.0438. The Kier molecular flexibility index (Phi) is 2.75. The van der Waals surface area contributed by atoms with Crippen LogP contribution >= 0.6 is 15.9 Å². The molecular formula is C16H10BrNO3. The van der Waals surface area contributed by atoms with E-state index in [9.17, 15) is 4.79 Å². The van der Waals surface area contributed by atoms with Crippen LogP contribution < -0.4 is 9.47 Å². The smallest absolute Gasteiger partial charge is 0.231 e. The van der Waals surface area contributed by atoms with Gasteiger partial charge in [-0.15, -0.1) is 0 Å². The molecule has 104 valence electrons. The summed E-state index contributed by atoms with van der Waals surface area (Å²) in [7, 11) is 0. The van der Waals surface area contributed by atoms with Gasteiger partial charge in [-0.25, -0.2) is 0 Å². The lowest BCUT2D eigenvalue weighted by molar-refractivity contribution is 0.104. The van der Waals surface area contributed by atoms with Crippen LogP contribution in [-0.2, 0) is 0 Å². The van der Waals surface area contributed by atoms with Crippen molar-refractivity contribution >= 4 is 32.6 Å². The molecule has 21 heavy (non-hydrogen) atoms. The Labute approximate surface area is 128 Å². The number of ether oxygens (including phenoxy) is 2. The molecule has 0 radical (unpaired) electrons. The molecule has 0 saturated carbocycles. The molecule has 5 heteroatoms. The molecule has 4 nitrogen and oxygen atoms in total. The van der Waals surface area contributed by atoms with E-state index in [0.717, 1.165) is 15.4 Å². The third kappa shape index (κ3) is 1.93. The number of ketones is 1. The van der Waals surface area contributed by atoms with Crippen molar-refractivity contribution in [3.05, 3.63) is 58.2 Å².